The predicted octanol–water partition coefficient (Wildman–Crippen LogP) is 5.85. The Balaban J connectivity index is 1.49. The van der Waals surface area contributed by atoms with Crippen molar-refractivity contribution < 1.29 is 4.79 Å². The third-order valence-electron chi connectivity index (χ3n) is 4.83. The number of thioether (sulfide) groups is 2. The van der Waals surface area contributed by atoms with E-state index in [0.29, 0.717) is 10.9 Å². The smallest absolute Gasteiger partial charge is 0.234 e. The summed E-state index contributed by atoms with van der Waals surface area (Å²) >= 11 is 3.11. The SMILES string of the molecule is CCc1ccccc1NC(=O)CSc1nnc(CSc2ccccc2)n1-c1ccccc1. The average molecular weight is 461 g/mol. The van der Waals surface area contributed by atoms with E-state index in [1.165, 1.54) is 16.7 Å². The largest absolute Gasteiger partial charge is 0.325 e. The van der Waals surface area contributed by atoms with Crippen molar-refractivity contribution in [2.24, 2.45) is 0 Å². The van der Waals surface area contributed by atoms with Crippen LogP contribution in [0.1, 0.15) is 18.3 Å². The molecule has 1 N–H and O–H groups in total. The molecule has 0 aliphatic carbocycles. The lowest BCUT2D eigenvalue weighted by Gasteiger charge is -2.11. The Hall–Kier alpha value is -3.03. The molecule has 5 nitrogen and oxygen atoms in total. The molecular formula is C25H24N4OS2. The zero-order valence-corrected chi connectivity index (χ0v) is 19.4. The number of amides is 1. The third-order valence-corrected chi connectivity index (χ3v) is 6.77. The first-order chi connectivity index (χ1) is 15.7. The lowest BCUT2D eigenvalue weighted by atomic mass is 10.1. The zero-order valence-electron chi connectivity index (χ0n) is 17.8. The van der Waals surface area contributed by atoms with Crippen LogP contribution in [0.5, 0.6) is 0 Å². The molecule has 1 aromatic heterocycles. The van der Waals surface area contributed by atoms with Crippen molar-refractivity contribution in [3.05, 3.63) is 96.3 Å². The van der Waals surface area contributed by atoms with E-state index < -0.39 is 0 Å². The number of nitrogens with one attached hydrogen (secondary N) is 1. The standard InChI is InChI=1S/C25H24N4OS2/c1-2-19-11-9-10-16-22(19)26-24(30)18-32-25-28-27-23(17-31-21-14-7-4-8-15-21)29(25)20-12-5-3-6-13-20/h3-16H,2,17-18H2,1H3,(H,26,30). The Labute approximate surface area is 196 Å². The molecule has 1 heterocycles. The molecule has 0 spiro atoms. The average Bonchev–Trinajstić information content (AvgIpc) is 3.26. The van der Waals surface area contributed by atoms with Gasteiger partial charge in [0.2, 0.25) is 5.91 Å². The van der Waals surface area contributed by atoms with Crippen LogP contribution in [0, 0.1) is 0 Å². The van der Waals surface area contributed by atoms with E-state index in [-0.39, 0.29) is 11.7 Å². The van der Waals surface area contributed by atoms with Gasteiger partial charge in [-0.15, -0.1) is 22.0 Å². The number of benzene rings is 3. The molecule has 32 heavy (non-hydrogen) atoms. The first-order valence-corrected chi connectivity index (χ1v) is 12.4. The van der Waals surface area contributed by atoms with Crippen molar-refractivity contribution in [2.45, 2.75) is 29.1 Å². The second-order valence-corrected chi connectivity index (χ2v) is 9.01. The summed E-state index contributed by atoms with van der Waals surface area (Å²) in [5, 5.41) is 12.6. The molecule has 0 unspecified atom stereocenters. The van der Waals surface area contributed by atoms with Gasteiger partial charge in [-0.3, -0.25) is 9.36 Å². The Morgan fingerprint density at radius 2 is 1.56 bits per heavy atom. The second-order valence-electron chi connectivity index (χ2n) is 7.02. The number of para-hydroxylation sites is 2. The molecule has 7 heteroatoms. The molecule has 0 fully saturated rings. The quantitative estimate of drug-likeness (QED) is 0.317. The van der Waals surface area contributed by atoms with E-state index in [9.17, 15) is 4.79 Å². The Kier molecular flexibility index (Phi) is 7.64. The van der Waals surface area contributed by atoms with Gasteiger partial charge < -0.3 is 5.32 Å². The first-order valence-electron chi connectivity index (χ1n) is 10.4. The summed E-state index contributed by atoms with van der Waals surface area (Å²) in [6.07, 6.45) is 0.869. The van der Waals surface area contributed by atoms with Gasteiger partial charge in [0.25, 0.3) is 0 Å². The Morgan fingerprint density at radius 3 is 2.31 bits per heavy atom. The van der Waals surface area contributed by atoms with Crippen LogP contribution in [0.2, 0.25) is 0 Å². The van der Waals surface area contributed by atoms with Crippen LogP contribution in [0.3, 0.4) is 0 Å². The van der Waals surface area contributed by atoms with E-state index >= 15 is 0 Å². The van der Waals surface area contributed by atoms with Crippen LogP contribution in [0.4, 0.5) is 5.69 Å². The molecule has 0 aliphatic heterocycles. The maximum atomic E-state index is 12.6. The lowest BCUT2D eigenvalue weighted by Crippen LogP contribution is -2.15. The van der Waals surface area contributed by atoms with Gasteiger partial charge >= 0.3 is 0 Å². The maximum absolute atomic E-state index is 12.6. The van der Waals surface area contributed by atoms with E-state index in [1.807, 2.05) is 77.4 Å². The second kappa shape index (κ2) is 11.0. The predicted molar refractivity (Wildman–Crippen MR) is 133 cm³/mol. The molecule has 0 saturated heterocycles. The third kappa shape index (κ3) is 5.60. The van der Waals surface area contributed by atoms with Crippen LogP contribution in [-0.4, -0.2) is 26.4 Å². The van der Waals surface area contributed by atoms with Crippen molar-refractivity contribution in [1.29, 1.82) is 0 Å². The van der Waals surface area contributed by atoms with E-state index in [0.717, 1.165) is 29.2 Å². The summed E-state index contributed by atoms with van der Waals surface area (Å²) in [6.45, 7) is 2.08. The van der Waals surface area contributed by atoms with Crippen molar-refractivity contribution in [2.75, 3.05) is 11.1 Å². The van der Waals surface area contributed by atoms with Gasteiger partial charge in [-0.2, -0.15) is 0 Å². The van der Waals surface area contributed by atoms with E-state index in [1.54, 1.807) is 11.8 Å². The van der Waals surface area contributed by atoms with Gasteiger partial charge in [0.05, 0.1) is 11.5 Å². The molecule has 3 aromatic carbocycles. The highest BCUT2D eigenvalue weighted by molar-refractivity contribution is 7.99. The van der Waals surface area contributed by atoms with Gasteiger partial charge in [-0.05, 0) is 42.3 Å². The molecule has 4 rings (SSSR count). The van der Waals surface area contributed by atoms with Crippen molar-refractivity contribution in [1.82, 2.24) is 14.8 Å². The maximum Gasteiger partial charge on any atom is 0.234 e. The summed E-state index contributed by atoms with van der Waals surface area (Å²) in [5.74, 6) is 1.74. The zero-order chi connectivity index (χ0) is 22.2. The monoisotopic (exact) mass is 460 g/mol. The Morgan fingerprint density at radius 1 is 0.875 bits per heavy atom. The summed E-state index contributed by atoms with van der Waals surface area (Å²) in [7, 11) is 0. The Bertz CT molecular complexity index is 1160. The number of nitrogens with zero attached hydrogens (tertiary/aromatic N) is 3. The number of carbonyl (C=O) groups is 1. The van der Waals surface area contributed by atoms with Gasteiger partial charge in [-0.1, -0.05) is 73.3 Å². The van der Waals surface area contributed by atoms with Crippen LogP contribution >= 0.6 is 23.5 Å². The van der Waals surface area contributed by atoms with Gasteiger partial charge in [0, 0.05) is 16.3 Å². The molecule has 4 aromatic rings. The minimum atomic E-state index is -0.0567. The summed E-state index contributed by atoms with van der Waals surface area (Å²) < 4.78 is 2.04. The van der Waals surface area contributed by atoms with Crippen LogP contribution in [0.25, 0.3) is 5.69 Å². The summed E-state index contributed by atoms with van der Waals surface area (Å²) in [4.78, 5) is 13.8. The molecule has 0 radical (unpaired) electrons. The van der Waals surface area contributed by atoms with Gasteiger partial charge in [0.15, 0.2) is 5.16 Å². The van der Waals surface area contributed by atoms with Crippen molar-refractivity contribution >= 4 is 35.1 Å². The van der Waals surface area contributed by atoms with Gasteiger partial charge in [-0.25, -0.2) is 0 Å². The fourth-order valence-electron chi connectivity index (χ4n) is 3.26. The number of anilines is 1. The molecule has 162 valence electrons. The minimum absolute atomic E-state index is 0.0567. The highest BCUT2D eigenvalue weighted by Gasteiger charge is 2.16. The fourth-order valence-corrected chi connectivity index (χ4v) is 4.86. The molecule has 1 amide bonds. The van der Waals surface area contributed by atoms with Crippen LogP contribution in [-0.2, 0) is 17.0 Å². The van der Waals surface area contributed by atoms with Gasteiger partial charge in [0.1, 0.15) is 5.82 Å². The molecule has 0 aliphatic rings. The first kappa shape index (κ1) is 22.2. The highest BCUT2D eigenvalue weighted by atomic mass is 32.2. The van der Waals surface area contributed by atoms with Crippen molar-refractivity contribution in [3.8, 4) is 5.69 Å². The highest BCUT2D eigenvalue weighted by Crippen LogP contribution is 2.27. The number of hydrogen-bond acceptors (Lipinski definition) is 5. The summed E-state index contributed by atoms with van der Waals surface area (Å²) in [6, 6.07) is 28.2. The number of aryl methyl sites for hydroxylation is 1. The number of carbonyl (C=O) groups excluding carboxylic acids is 1. The summed E-state index contributed by atoms with van der Waals surface area (Å²) in [5.41, 5.74) is 2.98. The minimum Gasteiger partial charge on any atom is -0.325 e. The van der Waals surface area contributed by atoms with Crippen LogP contribution in [0.15, 0.2) is 95.0 Å². The molecular weight excluding hydrogens is 436 g/mol. The number of rotatable bonds is 9. The fraction of sp³-hybridized carbons (Fsp3) is 0.160. The topological polar surface area (TPSA) is 59.8 Å². The normalized spacial score (nSPS) is 10.8. The number of aromatic nitrogens is 3. The molecule has 0 saturated carbocycles. The number of hydrogen-bond donors (Lipinski definition) is 1. The van der Waals surface area contributed by atoms with Crippen LogP contribution < -0.4 is 5.32 Å². The van der Waals surface area contributed by atoms with E-state index in [2.05, 4.69) is 34.6 Å². The lowest BCUT2D eigenvalue weighted by molar-refractivity contribution is -0.113. The van der Waals surface area contributed by atoms with Crippen molar-refractivity contribution in [3.63, 3.8) is 0 Å². The van der Waals surface area contributed by atoms with E-state index in [4.69, 9.17) is 0 Å². The molecule has 0 bridgehead atoms. The molecule has 0 atom stereocenters.